The van der Waals surface area contributed by atoms with Gasteiger partial charge in [-0.2, -0.15) is 0 Å². The van der Waals surface area contributed by atoms with Gasteiger partial charge in [-0.3, -0.25) is 4.90 Å². The van der Waals surface area contributed by atoms with Crippen LogP contribution in [0.1, 0.15) is 44.3 Å². The Morgan fingerprint density at radius 2 is 2.25 bits per heavy atom. The number of carbonyl (C=O) groups is 1. The lowest BCUT2D eigenvalue weighted by atomic mass is 10.0. The monoisotopic (exact) mass is 281 g/mol. The SMILES string of the molecule is CCC[C@@H]1CC[C@H]([C@@H](O)c2cccc(F)c2)N1C(=O)O. The standard InChI is InChI=1S/C15H20FNO3/c1-2-4-12-7-8-13(17(12)15(19)20)14(18)10-5-3-6-11(16)9-10/h3,5-6,9,12-14,18H,2,4,7-8H2,1H3,(H,19,20)/t12-,13-,14+/m1/s1. The molecule has 0 bridgehead atoms. The van der Waals surface area contributed by atoms with Crippen LogP contribution in [0.25, 0.3) is 0 Å². The third-order valence-corrected chi connectivity index (χ3v) is 3.94. The fourth-order valence-electron chi connectivity index (χ4n) is 3.05. The van der Waals surface area contributed by atoms with Crippen molar-refractivity contribution in [2.75, 3.05) is 0 Å². The second-order valence-corrected chi connectivity index (χ2v) is 5.28. The molecular formula is C15H20FNO3. The van der Waals surface area contributed by atoms with Gasteiger partial charge in [0, 0.05) is 6.04 Å². The minimum atomic E-state index is -1.01. The molecule has 1 fully saturated rings. The highest BCUT2D eigenvalue weighted by Crippen LogP contribution is 2.35. The van der Waals surface area contributed by atoms with Gasteiger partial charge < -0.3 is 10.2 Å². The largest absolute Gasteiger partial charge is 0.465 e. The molecular weight excluding hydrogens is 261 g/mol. The molecule has 20 heavy (non-hydrogen) atoms. The van der Waals surface area contributed by atoms with Crippen molar-refractivity contribution in [2.24, 2.45) is 0 Å². The molecule has 0 saturated carbocycles. The number of likely N-dealkylation sites (tertiary alicyclic amines) is 1. The first-order valence-electron chi connectivity index (χ1n) is 6.99. The van der Waals surface area contributed by atoms with Crippen molar-refractivity contribution in [2.45, 2.75) is 50.8 Å². The Bertz CT molecular complexity index is 480. The predicted octanol–water partition coefficient (Wildman–Crippen LogP) is 3.17. The highest BCUT2D eigenvalue weighted by Gasteiger charge is 2.40. The summed E-state index contributed by atoms with van der Waals surface area (Å²) in [5, 5.41) is 19.8. The van der Waals surface area contributed by atoms with Crippen LogP contribution < -0.4 is 0 Å². The van der Waals surface area contributed by atoms with E-state index in [4.69, 9.17) is 0 Å². The van der Waals surface area contributed by atoms with Gasteiger partial charge in [-0.15, -0.1) is 0 Å². The first-order chi connectivity index (χ1) is 9.54. The maximum atomic E-state index is 13.2. The molecule has 1 aromatic carbocycles. The van der Waals surface area contributed by atoms with Crippen LogP contribution in [0.5, 0.6) is 0 Å². The summed E-state index contributed by atoms with van der Waals surface area (Å²) in [6.07, 6.45) is 1.05. The summed E-state index contributed by atoms with van der Waals surface area (Å²) < 4.78 is 13.2. The molecule has 1 aliphatic rings. The number of benzene rings is 1. The summed E-state index contributed by atoms with van der Waals surface area (Å²) >= 11 is 0. The van der Waals surface area contributed by atoms with E-state index < -0.39 is 24.1 Å². The van der Waals surface area contributed by atoms with Crippen LogP contribution in [-0.4, -0.2) is 33.3 Å². The summed E-state index contributed by atoms with van der Waals surface area (Å²) in [7, 11) is 0. The van der Waals surface area contributed by atoms with Crippen molar-refractivity contribution >= 4 is 6.09 Å². The number of nitrogens with zero attached hydrogens (tertiary/aromatic N) is 1. The van der Waals surface area contributed by atoms with Crippen LogP contribution in [-0.2, 0) is 0 Å². The third kappa shape index (κ3) is 2.93. The lowest BCUT2D eigenvalue weighted by Gasteiger charge is -2.30. The molecule has 3 atom stereocenters. The van der Waals surface area contributed by atoms with E-state index in [9.17, 15) is 19.4 Å². The number of rotatable bonds is 4. The van der Waals surface area contributed by atoms with Crippen LogP contribution >= 0.6 is 0 Å². The van der Waals surface area contributed by atoms with Crippen LogP contribution in [0.2, 0.25) is 0 Å². The molecule has 1 amide bonds. The Morgan fingerprint density at radius 1 is 1.50 bits per heavy atom. The fourth-order valence-corrected chi connectivity index (χ4v) is 3.05. The van der Waals surface area contributed by atoms with E-state index in [0.29, 0.717) is 12.0 Å². The average molecular weight is 281 g/mol. The molecule has 0 aliphatic carbocycles. The first kappa shape index (κ1) is 14.8. The van der Waals surface area contributed by atoms with E-state index in [-0.39, 0.29) is 6.04 Å². The molecule has 1 heterocycles. The molecule has 1 aliphatic heterocycles. The van der Waals surface area contributed by atoms with Crippen molar-refractivity contribution < 1.29 is 19.4 Å². The zero-order chi connectivity index (χ0) is 14.7. The number of carboxylic acid groups (broad SMARTS) is 1. The van der Waals surface area contributed by atoms with Crippen molar-refractivity contribution in [3.05, 3.63) is 35.6 Å². The average Bonchev–Trinajstić information content (AvgIpc) is 2.82. The molecule has 1 saturated heterocycles. The Hall–Kier alpha value is -1.62. The van der Waals surface area contributed by atoms with E-state index in [1.54, 1.807) is 6.07 Å². The number of aliphatic hydroxyl groups is 1. The Morgan fingerprint density at radius 3 is 2.85 bits per heavy atom. The first-order valence-corrected chi connectivity index (χ1v) is 6.99. The fraction of sp³-hybridized carbons (Fsp3) is 0.533. The quantitative estimate of drug-likeness (QED) is 0.891. The Balaban J connectivity index is 2.20. The third-order valence-electron chi connectivity index (χ3n) is 3.94. The maximum absolute atomic E-state index is 13.2. The van der Waals surface area contributed by atoms with Crippen LogP contribution in [0, 0.1) is 5.82 Å². The van der Waals surface area contributed by atoms with Gasteiger partial charge in [0.1, 0.15) is 5.82 Å². The highest BCUT2D eigenvalue weighted by atomic mass is 19.1. The molecule has 0 aromatic heterocycles. The van der Waals surface area contributed by atoms with E-state index >= 15 is 0 Å². The Labute approximate surface area is 117 Å². The molecule has 110 valence electrons. The minimum absolute atomic E-state index is 0.0503. The van der Waals surface area contributed by atoms with Crippen LogP contribution in [0.15, 0.2) is 24.3 Å². The van der Waals surface area contributed by atoms with Gasteiger partial charge in [0.2, 0.25) is 0 Å². The lowest BCUT2D eigenvalue weighted by molar-refractivity contribution is 0.0525. The van der Waals surface area contributed by atoms with Gasteiger partial charge in [0.05, 0.1) is 12.1 Å². The number of aliphatic hydroxyl groups excluding tert-OH is 1. The van der Waals surface area contributed by atoms with Gasteiger partial charge in [0.15, 0.2) is 0 Å². The van der Waals surface area contributed by atoms with Gasteiger partial charge in [-0.1, -0.05) is 25.5 Å². The summed E-state index contributed by atoms with van der Waals surface area (Å²) in [6, 6.07) is 5.17. The van der Waals surface area contributed by atoms with E-state index in [1.165, 1.54) is 23.1 Å². The molecule has 1 aromatic rings. The van der Waals surface area contributed by atoms with Gasteiger partial charge in [0.25, 0.3) is 0 Å². The zero-order valence-corrected chi connectivity index (χ0v) is 11.5. The second-order valence-electron chi connectivity index (χ2n) is 5.28. The highest BCUT2D eigenvalue weighted by molar-refractivity contribution is 5.66. The number of halogens is 1. The Kier molecular flexibility index (Phi) is 4.60. The smallest absolute Gasteiger partial charge is 0.407 e. The summed E-state index contributed by atoms with van der Waals surface area (Å²) in [6.45, 7) is 2.01. The molecule has 2 rings (SSSR count). The number of amides is 1. The van der Waals surface area contributed by atoms with Gasteiger partial charge in [-0.05, 0) is 37.0 Å². The minimum Gasteiger partial charge on any atom is -0.465 e. The molecule has 4 nitrogen and oxygen atoms in total. The van der Waals surface area contributed by atoms with E-state index in [0.717, 1.165) is 19.3 Å². The summed E-state index contributed by atoms with van der Waals surface area (Å²) in [4.78, 5) is 12.8. The maximum Gasteiger partial charge on any atom is 0.407 e. The number of hydrogen-bond donors (Lipinski definition) is 2. The topological polar surface area (TPSA) is 60.8 Å². The van der Waals surface area contributed by atoms with Crippen LogP contribution in [0.3, 0.4) is 0 Å². The van der Waals surface area contributed by atoms with Crippen molar-refractivity contribution in [1.29, 1.82) is 0 Å². The molecule has 2 N–H and O–H groups in total. The van der Waals surface area contributed by atoms with E-state index in [2.05, 4.69) is 0 Å². The van der Waals surface area contributed by atoms with Crippen molar-refractivity contribution in [1.82, 2.24) is 4.90 Å². The van der Waals surface area contributed by atoms with Crippen LogP contribution in [0.4, 0.5) is 9.18 Å². The molecule has 0 unspecified atom stereocenters. The molecule has 5 heteroatoms. The summed E-state index contributed by atoms with van der Waals surface area (Å²) in [5.74, 6) is -0.425. The van der Waals surface area contributed by atoms with Gasteiger partial charge in [-0.25, -0.2) is 9.18 Å². The molecule has 0 radical (unpaired) electrons. The van der Waals surface area contributed by atoms with Crippen molar-refractivity contribution in [3.8, 4) is 0 Å². The summed E-state index contributed by atoms with van der Waals surface area (Å²) in [5.41, 5.74) is 0.429. The van der Waals surface area contributed by atoms with Gasteiger partial charge >= 0.3 is 6.09 Å². The predicted molar refractivity (Wildman–Crippen MR) is 72.9 cm³/mol. The normalized spacial score (nSPS) is 23.9. The zero-order valence-electron chi connectivity index (χ0n) is 11.5. The lowest BCUT2D eigenvalue weighted by Crippen LogP contribution is -2.43. The van der Waals surface area contributed by atoms with E-state index in [1.807, 2.05) is 6.92 Å². The van der Waals surface area contributed by atoms with Crippen molar-refractivity contribution in [3.63, 3.8) is 0 Å². The number of hydrogen-bond acceptors (Lipinski definition) is 2. The second kappa shape index (κ2) is 6.22. The molecule has 0 spiro atoms.